The smallest absolute Gasteiger partial charge is 0.333 e. The molecule has 4 heterocycles. The van der Waals surface area contributed by atoms with E-state index >= 15 is 0 Å². The first-order chi connectivity index (χ1) is 19.3. The molecule has 1 aromatic carbocycles. The second-order valence-corrected chi connectivity index (χ2v) is 9.60. The molecule has 0 bridgehead atoms. The van der Waals surface area contributed by atoms with Crippen molar-refractivity contribution in [2.75, 3.05) is 30.4 Å². The fraction of sp³-hybridized carbons (Fsp3) is 0.286. The van der Waals surface area contributed by atoms with Crippen molar-refractivity contribution in [3.05, 3.63) is 66.4 Å². The zero-order valence-corrected chi connectivity index (χ0v) is 21.9. The summed E-state index contributed by atoms with van der Waals surface area (Å²) in [4.78, 5) is 11.1. The molecule has 3 N–H and O–H groups in total. The van der Waals surface area contributed by atoms with Gasteiger partial charge in [0.05, 0.1) is 30.1 Å². The molecule has 0 saturated carbocycles. The maximum Gasteiger partial charge on any atom is 0.333 e. The Hall–Kier alpha value is -4.63. The van der Waals surface area contributed by atoms with Gasteiger partial charge in [0, 0.05) is 54.4 Å². The van der Waals surface area contributed by atoms with Gasteiger partial charge in [0.2, 0.25) is 0 Å². The van der Waals surface area contributed by atoms with Crippen molar-refractivity contribution in [2.24, 2.45) is 11.7 Å². The molecule has 0 amide bonds. The van der Waals surface area contributed by atoms with Crippen molar-refractivity contribution >= 4 is 17.3 Å². The molecule has 12 heteroatoms. The number of pyridine rings is 2. The number of ether oxygens (including phenoxy) is 1. The molecular weight excluding hydrogens is 521 g/mol. The lowest BCUT2D eigenvalue weighted by Gasteiger charge is -2.37. The van der Waals surface area contributed by atoms with Crippen LogP contribution in [-0.4, -0.2) is 46.0 Å². The van der Waals surface area contributed by atoms with Gasteiger partial charge in [0.25, 0.3) is 0 Å². The van der Waals surface area contributed by atoms with Crippen LogP contribution in [0.4, 0.5) is 30.5 Å². The number of hydrogen-bond acceptors (Lipinski definition) is 8. The predicted molar refractivity (Wildman–Crippen MR) is 145 cm³/mol. The molecule has 1 aliphatic rings. The summed E-state index contributed by atoms with van der Waals surface area (Å²) in [6.45, 7) is 0.640. The third-order valence-corrected chi connectivity index (χ3v) is 7.06. The van der Waals surface area contributed by atoms with E-state index in [9.17, 15) is 18.4 Å². The molecule has 1 saturated heterocycles. The van der Waals surface area contributed by atoms with Crippen LogP contribution in [0.25, 0.3) is 22.4 Å². The average molecular weight is 549 g/mol. The standard InChI is InChI=1S/C28H27F3N8O/c1-16-8-9-38(15-21(16)33)22-10-25(34-13-19(22)18-12-35-39(14-18)28(30)31)36-24-7-6-17(11-32)27(37-24)26-20(29)4-3-5-23(26)40-2/h3-7,10,12-14,16,21,28H,8-9,15,33H2,1-2H3,(H,34,36,37)/t16-,21-/m1/s1. The molecule has 2 atom stereocenters. The van der Waals surface area contributed by atoms with E-state index < -0.39 is 12.4 Å². The highest BCUT2D eigenvalue weighted by molar-refractivity contribution is 5.80. The van der Waals surface area contributed by atoms with Crippen LogP contribution in [0.1, 0.15) is 25.5 Å². The Balaban J connectivity index is 1.54. The Morgan fingerprint density at radius 2 is 2.02 bits per heavy atom. The van der Waals surface area contributed by atoms with Crippen molar-refractivity contribution < 1.29 is 17.9 Å². The summed E-state index contributed by atoms with van der Waals surface area (Å²) in [6.07, 6.45) is 5.11. The minimum atomic E-state index is -2.76. The summed E-state index contributed by atoms with van der Waals surface area (Å²) in [7, 11) is 1.41. The van der Waals surface area contributed by atoms with Gasteiger partial charge in [-0.1, -0.05) is 13.0 Å². The van der Waals surface area contributed by atoms with Gasteiger partial charge >= 0.3 is 6.55 Å². The van der Waals surface area contributed by atoms with Crippen LogP contribution in [0.15, 0.2) is 55.0 Å². The quantitative estimate of drug-likeness (QED) is 0.318. The summed E-state index contributed by atoms with van der Waals surface area (Å²) in [5.74, 6) is 0.740. The maximum absolute atomic E-state index is 14.8. The zero-order valence-electron chi connectivity index (χ0n) is 21.9. The number of nitrogens with one attached hydrogen (secondary N) is 1. The van der Waals surface area contributed by atoms with Crippen LogP contribution in [-0.2, 0) is 0 Å². The normalized spacial score (nSPS) is 17.1. The van der Waals surface area contributed by atoms with E-state index in [0.717, 1.165) is 18.7 Å². The number of anilines is 3. The lowest BCUT2D eigenvalue weighted by molar-refractivity contribution is 0.0566. The highest BCUT2D eigenvalue weighted by Gasteiger charge is 2.26. The summed E-state index contributed by atoms with van der Waals surface area (Å²) in [5, 5.41) is 16.6. The van der Waals surface area contributed by atoms with Gasteiger partial charge in [-0.2, -0.15) is 19.1 Å². The Labute approximate surface area is 229 Å². The van der Waals surface area contributed by atoms with E-state index in [1.54, 1.807) is 24.4 Å². The van der Waals surface area contributed by atoms with Gasteiger partial charge in [-0.15, -0.1) is 0 Å². The number of halogens is 3. The van der Waals surface area contributed by atoms with E-state index in [-0.39, 0.29) is 28.6 Å². The Kier molecular flexibility index (Phi) is 7.57. The van der Waals surface area contributed by atoms with Crippen molar-refractivity contribution in [3.63, 3.8) is 0 Å². The molecule has 206 valence electrons. The average Bonchev–Trinajstić information content (AvgIpc) is 3.45. The minimum Gasteiger partial charge on any atom is -0.496 e. The third kappa shape index (κ3) is 5.28. The Morgan fingerprint density at radius 1 is 1.20 bits per heavy atom. The molecule has 40 heavy (non-hydrogen) atoms. The van der Waals surface area contributed by atoms with Gasteiger partial charge in [-0.05, 0) is 36.6 Å². The molecule has 4 aromatic rings. The van der Waals surface area contributed by atoms with Gasteiger partial charge in [-0.25, -0.2) is 19.0 Å². The number of hydrogen-bond donors (Lipinski definition) is 2. The number of rotatable bonds is 7. The second-order valence-electron chi connectivity index (χ2n) is 9.60. The second kappa shape index (κ2) is 11.2. The molecule has 1 fully saturated rings. The molecule has 0 unspecified atom stereocenters. The minimum absolute atomic E-state index is 0.0616. The molecule has 0 aliphatic carbocycles. The SMILES string of the molecule is COc1cccc(F)c1-c1nc(Nc2cc(N3CC[C@@H](C)[C@H](N)C3)c(-c3cnn(C(F)F)c3)cn2)ccc1C#N. The summed E-state index contributed by atoms with van der Waals surface area (Å²) < 4.78 is 47.2. The van der Waals surface area contributed by atoms with Gasteiger partial charge in [0.1, 0.15) is 29.3 Å². The van der Waals surface area contributed by atoms with Gasteiger partial charge < -0.3 is 20.7 Å². The molecule has 9 nitrogen and oxygen atoms in total. The van der Waals surface area contributed by atoms with E-state index in [2.05, 4.69) is 38.3 Å². The number of nitriles is 1. The largest absolute Gasteiger partial charge is 0.496 e. The van der Waals surface area contributed by atoms with Crippen LogP contribution in [0.3, 0.4) is 0 Å². The van der Waals surface area contributed by atoms with Crippen LogP contribution >= 0.6 is 0 Å². The number of aromatic nitrogens is 4. The highest BCUT2D eigenvalue weighted by Crippen LogP contribution is 2.37. The summed E-state index contributed by atoms with van der Waals surface area (Å²) in [5.41, 5.74) is 8.60. The number of nitrogens with zero attached hydrogens (tertiary/aromatic N) is 6. The number of piperidine rings is 1. The zero-order chi connectivity index (χ0) is 28.4. The Bertz CT molecular complexity index is 1570. The number of methoxy groups -OCH3 is 1. The monoisotopic (exact) mass is 548 g/mol. The first-order valence-electron chi connectivity index (χ1n) is 12.6. The Morgan fingerprint density at radius 3 is 2.73 bits per heavy atom. The first-order valence-corrected chi connectivity index (χ1v) is 12.6. The van der Waals surface area contributed by atoms with Gasteiger partial charge in [-0.3, -0.25) is 0 Å². The summed E-state index contributed by atoms with van der Waals surface area (Å²) >= 11 is 0. The molecule has 0 radical (unpaired) electrons. The highest BCUT2D eigenvalue weighted by atomic mass is 19.3. The molecule has 1 aliphatic heterocycles. The molecular formula is C28H27F3N8O. The molecule has 5 rings (SSSR count). The first kappa shape index (κ1) is 27.0. The van der Waals surface area contributed by atoms with Crippen molar-refractivity contribution in [1.82, 2.24) is 19.7 Å². The van der Waals surface area contributed by atoms with Crippen molar-refractivity contribution in [1.29, 1.82) is 5.26 Å². The summed E-state index contributed by atoms with van der Waals surface area (Å²) in [6, 6.07) is 11.3. The maximum atomic E-state index is 14.8. The number of alkyl halides is 2. The van der Waals surface area contributed by atoms with Crippen LogP contribution in [0, 0.1) is 23.1 Å². The molecule has 0 spiro atoms. The molecule has 3 aromatic heterocycles. The fourth-order valence-corrected chi connectivity index (χ4v) is 4.74. The van der Waals surface area contributed by atoms with E-state index in [1.165, 1.54) is 37.7 Å². The van der Waals surface area contributed by atoms with Gasteiger partial charge in [0.15, 0.2) is 0 Å². The fourth-order valence-electron chi connectivity index (χ4n) is 4.74. The van der Waals surface area contributed by atoms with Crippen LogP contribution < -0.4 is 20.7 Å². The topological polar surface area (TPSA) is 118 Å². The number of nitrogens with two attached hydrogens (primary N) is 1. The van der Waals surface area contributed by atoms with E-state index in [0.29, 0.717) is 39.9 Å². The number of benzene rings is 1. The van der Waals surface area contributed by atoms with E-state index in [4.69, 9.17) is 10.5 Å². The third-order valence-electron chi connectivity index (χ3n) is 7.06. The lowest BCUT2D eigenvalue weighted by atomic mass is 9.93. The van der Waals surface area contributed by atoms with Crippen LogP contribution in [0.5, 0.6) is 5.75 Å². The van der Waals surface area contributed by atoms with E-state index in [1.807, 2.05) is 0 Å². The van der Waals surface area contributed by atoms with Crippen LogP contribution in [0.2, 0.25) is 0 Å². The lowest BCUT2D eigenvalue weighted by Crippen LogP contribution is -2.47. The predicted octanol–water partition coefficient (Wildman–Crippen LogP) is 5.34. The van der Waals surface area contributed by atoms with Crippen molar-refractivity contribution in [3.8, 4) is 34.2 Å². The van der Waals surface area contributed by atoms with Crippen molar-refractivity contribution in [2.45, 2.75) is 25.9 Å².